The van der Waals surface area contributed by atoms with E-state index < -0.39 is 11.9 Å². The summed E-state index contributed by atoms with van der Waals surface area (Å²) >= 11 is 0. The number of amides is 4. The smallest absolute Gasteiger partial charge is 0.359 e. The average Bonchev–Trinajstić information content (AvgIpc) is 4.06. The molecule has 0 spiro atoms. The molecule has 0 bridgehead atoms. The Morgan fingerprint density at radius 1 is 0.494 bits per heavy atom. The van der Waals surface area contributed by atoms with E-state index in [0.29, 0.717) is 97.2 Å². The number of hydrogen-bond donors (Lipinski definition) is 1. The lowest BCUT2D eigenvalue weighted by Gasteiger charge is -2.29. The highest BCUT2D eigenvalue weighted by atomic mass is 16.6. The Morgan fingerprint density at radius 2 is 0.883 bits per heavy atom. The minimum atomic E-state index is -0.645. The summed E-state index contributed by atoms with van der Waals surface area (Å²) in [5.74, 6) is -0.180. The van der Waals surface area contributed by atoms with Gasteiger partial charge in [-0.2, -0.15) is 10.2 Å². The van der Waals surface area contributed by atoms with E-state index >= 15 is 0 Å². The van der Waals surface area contributed by atoms with Crippen molar-refractivity contribution < 1.29 is 57.6 Å². The lowest BCUT2D eigenvalue weighted by molar-refractivity contribution is -0.120. The predicted molar refractivity (Wildman–Crippen MR) is 287 cm³/mol. The van der Waals surface area contributed by atoms with Crippen molar-refractivity contribution in [2.75, 3.05) is 93.0 Å². The second-order valence-electron chi connectivity index (χ2n) is 18.2. The highest BCUT2D eigenvalue weighted by Crippen LogP contribution is 2.34. The number of methoxy groups -OCH3 is 2. The van der Waals surface area contributed by atoms with Gasteiger partial charge in [-0.1, -0.05) is 7.43 Å². The van der Waals surface area contributed by atoms with E-state index in [-0.39, 0.29) is 81.2 Å². The fourth-order valence-corrected chi connectivity index (χ4v) is 9.77. The highest BCUT2D eigenvalue weighted by Gasteiger charge is 2.38. The Morgan fingerprint density at radius 3 is 1.26 bits per heavy atom. The third kappa shape index (κ3) is 11.7. The molecule has 2 aromatic heterocycles. The Labute approximate surface area is 446 Å². The van der Waals surface area contributed by atoms with E-state index in [4.69, 9.17) is 28.8 Å². The van der Waals surface area contributed by atoms with Gasteiger partial charge in [-0.15, -0.1) is 0 Å². The van der Waals surface area contributed by atoms with Crippen LogP contribution in [0.15, 0.2) is 97.1 Å². The van der Waals surface area contributed by atoms with Crippen LogP contribution in [0.5, 0.6) is 11.5 Å². The normalized spacial score (nSPS) is 15.2. The van der Waals surface area contributed by atoms with Gasteiger partial charge in [0.25, 0.3) is 11.8 Å². The third-order valence-electron chi connectivity index (χ3n) is 13.6. The lowest BCUT2D eigenvalue weighted by atomic mass is 10.0. The average molecular weight is 1050 g/mol. The van der Waals surface area contributed by atoms with E-state index in [9.17, 15) is 28.8 Å². The molecule has 404 valence electrons. The topological polar surface area (TPSA) is 217 Å². The molecule has 2 saturated heterocycles. The Hall–Kier alpha value is -8.36. The van der Waals surface area contributed by atoms with Crippen LogP contribution in [0.3, 0.4) is 0 Å². The number of piperidine rings is 2. The van der Waals surface area contributed by atoms with Gasteiger partial charge in [0.1, 0.15) is 29.5 Å². The van der Waals surface area contributed by atoms with Crippen molar-refractivity contribution in [3.8, 4) is 22.9 Å². The summed E-state index contributed by atoms with van der Waals surface area (Å²) in [7, 11) is 3.15. The molecule has 2 fully saturated rings. The molecular formula is C57H64N8O12. The number of fused-ring (bicyclic) bond motifs is 2. The van der Waals surface area contributed by atoms with Crippen molar-refractivity contribution in [3.05, 3.63) is 131 Å². The number of benzene rings is 4. The van der Waals surface area contributed by atoms with Crippen LogP contribution in [-0.2, 0) is 36.6 Å². The molecule has 77 heavy (non-hydrogen) atoms. The van der Waals surface area contributed by atoms with Crippen molar-refractivity contribution in [1.82, 2.24) is 19.6 Å². The van der Waals surface area contributed by atoms with Crippen LogP contribution >= 0.6 is 0 Å². The number of carbonyl (C=O) groups is 6. The van der Waals surface area contributed by atoms with E-state index in [2.05, 4.69) is 10.2 Å². The van der Waals surface area contributed by atoms with Crippen molar-refractivity contribution in [2.24, 2.45) is 0 Å². The number of nitrogens with zero attached hydrogens (tertiary/aromatic N) is 8. The molecule has 4 aliphatic heterocycles. The first kappa shape index (κ1) is 54.9. The molecule has 0 unspecified atom stereocenters. The summed E-state index contributed by atoms with van der Waals surface area (Å²) in [4.78, 5) is 84.9. The zero-order valence-corrected chi connectivity index (χ0v) is 42.8. The van der Waals surface area contributed by atoms with Gasteiger partial charge >= 0.3 is 11.9 Å². The van der Waals surface area contributed by atoms with E-state index in [1.807, 2.05) is 48.5 Å². The third-order valence-corrected chi connectivity index (χ3v) is 13.6. The molecule has 0 aliphatic carbocycles. The van der Waals surface area contributed by atoms with E-state index in [0.717, 1.165) is 42.7 Å². The molecule has 0 radical (unpaired) electrons. The molecule has 4 aromatic carbocycles. The number of aromatic nitrogens is 4. The van der Waals surface area contributed by atoms with Gasteiger partial charge in [0.2, 0.25) is 11.8 Å². The summed E-state index contributed by atoms with van der Waals surface area (Å²) in [6.45, 7) is 4.27. The standard InChI is InChI=1S/C29H32N4O7.C27H28N4O5.CH4/c1-38-23-11-9-22(10-12-23)33-27-24(26(30-33)29(37)40-19-18-39-17-16-34)13-15-32(28(27)36)21-7-5-20(6-8-21)31-14-3-2-4-25(31)35;1-3-36-27(34)24-22-15-17-30(19-9-7-18(8-10-19)29-16-5-4-6-23(29)32)26(33)25(22)31(28-24)20-11-13-21(35-2)14-12-20;/h5-12,34H,2-4,13-19H2,1H3;7-14H,3-6,15-17H2,1-2H3;1H4. The first-order valence-electron chi connectivity index (χ1n) is 25.5. The first-order chi connectivity index (χ1) is 37.0. The van der Waals surface area contributed by atoms with E-state index in [1.165, 1.54) is 9.36 Å². The molecule has 6 heterocycles. The predicted octanol–water partition coefficient (Wildman–Crippen LogP) is 7.18. The number of aliphatic hydroxyl groups is 1. The van der Waals surface area contributed by atoms with Crippen molar-refractivity contribution in [2.45, 2.75) is 65.7 Å². The van der Waals surface area contributed by atoms with Crippen LogP contribution in [0.1, 0.15) is 106 Å². The summed E-state index contributed by atoms with van der Waals surface area (Å²) in [5, 5.41) is 17.9. The number of anilines is 4. The zero-order valence-electron chi connectivity index (χ0n) is 42.8. The van der Waals surface area contributed by atoms with E-state index in [1.54, 1.807) is 89.3 Å². The molecule has 10 rings (SSSR count). The summed E-state index contributed by atoms with van der Waals surface area (Å²) in [5.41, 5.74) is 6.27. The molecular weight excluding hydrogens is 989 g/mol. The van der Waals surface area contributed by atoms with Crippen LogP contribution in [-0.4, -0.2) is 134 Å². The van der Waals surface area contributed by atoms with Crippen LogP contribution in [0.2, 0.25) is 0 Å². The second kappa shape index (κ2) is 25.0. The zero-order chi connectivity index (χ0) is 53.3. The highest BCUT2D eigenvalue weighted by molar-refractivity contribution is 6.10. The number of rotatable bonds is 16. The van der Waals surface area contributed by atoms with Gasteiger partial charge in [-0.05, 0) is 143 Å². The van der Waals surface area contributed by atoms with Crippen molar-refractivity contribution in [1.29, 1.82) is 0 Å². The monoisotopic (exact) mass is 1050 g/mol. The van der Waals surface area contributed by atoms with Gasteiger partial charge in [0.15, 0.2) is 11.4 Å². The van der Waals surface area contributed by atoms with Crippen LogP contribution in [0, 0.1) is 0 Å². The Balaban J connectivity index is 0.000000202. The SMILES string of the molecule is C.CCOC(=O)c1nn(-c2ccc(OC)cc2)c2c1CCN(c1ccc(N3CCCCC3=O)cc1)C2=O.COc1ccc(-n2nc(C(=O)OCCOCCO)c3c2C(=O)N(c2ccc(N4CCCCC4=O)cc2)CC3)cc1. The fourth-order valence-electron chi connectivity index (χ4n) is 9.77. The molecule has 0 saturated carbocycles. The fraction of sp³-hybridized carbons (Fsp3) is 0.368. The van der Waals surface area contributed by atoms with Crippen LogP contribution in [0.25, 0.3) is 11.4 Å². The minimum absolute atomic E-state index is 0. The minimum Gasteiger partial charge on any atom is -0.497 e. The number of carbonyl (C=O) groups excluding carboxylic acids is 6. The molecule has 4 amide bonds. The molecule has 4 aliphatic rings. The summed E-state index contributed by atoms with van der Waals surface area (Å²) in [6.07, 6.45) is 5.75. The Bertz CT molecular complexity index is 3080. The maximum absolute atomic E-state index is 13.9. The maximum Gasteiger partial charge on any atom is 0.359 e. The van der Waals surface area contributed by atoms with Crippen molar-refractivity contribution >= 4 is 58.3 Å². The molecule has 20 nitrogen and oxygen atoms in total. The Kier molecular flexibility index (Phi) is 17.8. The first-order valence-corrected chi connectivity index (χ1v) is 25.5. The van der Waals surface area contributed by atoms with Gasteiger partial charge in [-0.25, -0.2) is 19.0 Å². The second-order valence-corrected chi connectivity index (χ2v) is 18.2. The van der Waals surface area contributed by atoms with Crippen LogP contribution in [0.4, 0.5) is 22.7 Å². The number of esters is 2. The number of aliphatic hydroxyl groups excluding tert-OH is 1. The number of hydrogen-bond acceptors (Lipinski definition) is 14. The lowest BCUT2D eigenvalue weighted by Crippen LogP contribution is -2.39. The molecule has 0 atom stereocenters. The largest absolute Gasteiger partial charge is 0.497 e. The molecule has 6 aromatic rings. The summed E-state index contributed by atoms with van der Waals surface area (Å²) in [6, 6.07) is 29.1. The van der Waals surface area contributed by atoms with Gasteiger partial charge in [-0.3, -0.25) is 19.2 Å². The van der Waals surface area contributed by atoms with Gasteiger partial charge in [0, 0.05) is 72.9 Å². The van der Waals surface area contributed by atoms with Gasteiger partial charge < -0.3 is 48.4 Å². The van der Waals surface area contributed by atoms with Crippen molar-refractivity contribution in [3.63, 3.8) is 0 Å². The number of ether oxygens (including phenoxy) is 5. The molecule has 20 heteroatoms. The maximum atomic E-state index is 13.9. The van der Waals surface area contributed by atoms with Crippen LogP contribution < -0.4 is 29.1 Å². The quantitative estimate of drug-likeness (QED) is 0.0751. The van der Waals surface area contributed by atoms with Gasteiger partial charge in [0.05, 0.1) is 52.0 Å². The molecule has 1 N–H and O–H groups in total. The summed E-state index contributed by atoms with van der Waals surface area (Å²) < 4.78 is 29.2.